The van der Waals surface area contributed by atoms with Crippen LogP contribution in [0.2, 0.25) is 0 Å². The van der Waals surface area contributed by atoms with Crippen LogP contribution < -0.4 is 5.32 Å². The van der Waals surface area contributed by atoms with E-state index in [1.54, 1.807) is 7.11 Å². The summed E-state index contributed by atoms with van der Waals surface area (Å²) in [6.45, 7) is 8.83. The Balaban J connectivity index is 0.00000300. The molecule has 166 valence electrons. The lowest BCUT2D eigenvalue weighted by Crippen LogP contribution is -2.44. The highest BCUT2D eigenvalue weighted by atomic mass is 127. The highest BCUT2D eigenvalue weighted by Gasteiger charge is 2.26. The van der Waals surface area contributed by atoms with E-state index in [4.69, 9.17) is 9.47 Å². The number of nitrogens with zero attached hydrogens (tertiary/aromatic N) is 3. The molecule has 1 atom stereocenters. The number of nitrogens with one attached hydrogen (secondary N) is 1. The fourth-order valence-electron chi connectivity index (χ4n) is 4.09. The summed E-state index contributed by atoms with van der Waals surface area (Å²) in [7, 11) is 3.61. The maximum Gasteiger partial charge on any atom is 0.193 e. The van der Waals surface area contributed by atoms with Crippen LogP contribution in [-0.2, 0) is 16.0 Å². The molecule has 0 amide bonds. The minimum atomic E-state index is 0. The van der Waals surface area contributed by atoms with Crippen LogP contribution in [0.1, 0.15) is 24.1 Å². The highest BCUT2D eigenvalue weighted by molar-refractivity contribution is 14.0. The maximum atomic E-state index is 5.71. The van der Waals surface area contributed by atoms with E-state index >= 15 is 0 Å². The molecule has 6 nitrogen and oxygen atoms in total. The number of hydrogen-bond donors (Lipinski definition) is 1. The summed E-state index contributed by atoms with van der Waals surface area (Å²) in [6.07, 6.45) is 3.71. The fourth-order valence-corrected chi connectivity index (χ4v) is 4.84. The predicted molar refractivity (Wildman–Crippen MR) is 131 cm³/mol. The molecule has 0 aliphatic carbocycles. The quantitative estimate of drug-likeness (QED) is 0.228. The van der Waals surface area contributed by atoms with Crippen molar-refractivity contribution >= 4 is 41.3 Å². The van der Waals surface area contributed by atoms with Crippen molar-refractivity contribution in [2.75, 3.05) is 66.7 Å². The molecule has 0 aromatic carbocycles. The average Bonchev–Trinajstić information content (AvgIpc) is 3.39. The first-order chi connectivity index (χ1) is 13.8. The van der Waals surface area contributed by atoms with Crippen molar-refractivity contribution in [2.24, 2.45) is 16.8 Å². The molecule has 2 aliphatic rings. The number of halogens is 1. The lowest BCUT2D eigenvalue weighted by atomic mass is 9.97. The van der Waals surface area contributed by atoms with Gasteiger partial charge in [0.15, 0.2) is 5.96 Å². The number of piperidine rings is 1. The predicted octanol–water partition coefficient (Wildman–Crippen LogP) is 3.14. The van der Waals surface area contributed by atoms with Crippen LogP contribution in [0.3, 0.4) is 0 Å². The standard InChI is InChI=1S/C21H36N4O2S.HI/c1-22-21(25-10-7-19(15-25)17-27-12-11-26-2)23-14-18-5-8-24(9-6-18)16-20-4-3-13-28-20;/h3-4,13,18-19H,5-12,14-17H2,1-2H3,(H,22,23);1H. The number of guanidine groups is 1. The van der Waals surface area contributed by atoms with E-state index in [1.807, 2.05) is 18.4 Å². The van der Waals surface area contributed by atoms with Gasteiger partial charge in [-0.25, -0.2) is 0 Å². The molecule has 2 aliphatic heterocycles. The molecule has 0 radical (unpaired) electrons. The van der Waals surface area contributed by atoms with Crippen molar-refractivity contribution in [3.05, 3.63) is 22.4 Å². The Morgan fingerprint density at radius 1 is 1.21 bits per heavy atom. The Kier molecular flexibility index (Phi) is 11.8. The summed E-state index contributed by atoms with van der Waals surface area (Å²) in [6, 6.07) is 4.39. The Hall–Kier alpha value is -0.420. The number of aliphatic imine (C=N–C) groups is 1. The van der Waals surface area contributed by atoms with Gasteiger partial charge in [-0.3, -0.25) is 9.89 Å². The van der Waals surface area contributed by atoms with Crippen molar-refractivity contribution < 1.29 is 9.47 Å². The number of thiophene rings is 1. The van der Waals surface area contributed by atoms with E-state index in [0.29, 0.717) is 19.1 Å². The second-order valence-corrected chi connectivity index (χ2v) is 8.93. The summed E-state index contributed by atoms with van der Waals surface area (Å²) in [5.41, 5.74) is 0. The minimum absolute atomic E-state index is 0. The van der Waals surface area contributed by atoms with Crippen LogP contribution in [0.5, 0.6) is 0 Å². The molecule has 1 aromatic rings. The molecule has 0 spiro atoms. The first-order valence-corrected chi connectivity index (χ1v) is 11.4. The smallest absolute Gasteiger partial charge is 0.193 e. The van der Waals surface area contributed by atoms with Gasteiger partial charge in [-0.2, -0.15) is 0 Å². The minimum Gasteiger partial charge on any atom is -0.382 e. The van der Waals surface area contributed by atoms with E-state index in [9.17, 15) is 0 Å². The summed E-state index contributed by atoms with van der Waals surface area (Å²) in [5, 5.41) is 5.81. The van der Waals surface area contributed by atoms with Crippen molar-refractivity contribution in [3.8, 4) is 0 Å². The molecule has 3 rings (SSSR count). The summed E-state index contributed by atoms with van der Waals surface area (Å²) < 4.78 is 10.7. The second-order valence-electron chi connectivity index (χ2n) is 7.90. The third-order valence-corrected chi connectivity index (χ3v) is 6.66. The highest BCUT2D eigenvalue weighted by Crippen LogP contribution is 2.21. The van der Waals surface area contributed by atoms with Gasteiger partial charge in [-0.1, -0.05) is 6.07 Å². The van der Waals surface area contributed by atoms with E-state index in [2.05, 4.69) is 37.6 Å². The topological polar surface area (TPSA) is 49.3 Å². The fraction of sp³-hybridized carbons (Fsp3) is 0.762. The van der Waals surface area contributed by atoms with Crippen LogP contribution in [0, 0.1) is 11.8 Å². The Morgan fingerprint density at radius 2 is 2.00 bits per heavy atom. The van der Waals surface area contributed by atoms with E-state index in [1.165, 1.54) is 37.2 Å². The zero-order chi connectivity index (χ0) is 19.6. The van der Waals surface area contributed by atoms with Crippen LogP contribution in [0.15, 0.2) is 22.5 Å². The van der Waals surface area contributed by atoms with Gasteiger partial charge in [0.25, 0.3) is 0 Å². The molecule has 1 unspecified atom stereocenters. The first-order valence-electron chi connectivity index (χ1n) is 10.6. The molecule has 29 heavy (non-hydrogen) atoms. The average molecular weight is 537 g/mol. The number of hydrogen-bond acceptors (Lipinski definition) is 5. The molecule has 1 aromatic heterocycles. The molecule has 1 N–H and O–H groups in total. The van der Waals surface area contributed by atoms with Crippen LogP contribution in [-0.4, -0.2) is 82.5 Å². The van der Waals surface area contributed by atoms with E-state index in [0.717, 1.165) is 44.7 Å². The molecular weight excluding hydrogens is 499 g/mol. The zero-order valence-electron chi connectivity index (χ0n) is 17.8. The third kappa shape index (κ3) is 8.32. The monoisotopic (exact) mass is 536 g/mol. The summed E-state index contributed by atoms with van der Waals surface area (Å²) >= 11 is 1.87. The van der Waals surface area contributed by atoms with Crippen molar-refractivity contribution in [1.82, 2.24) is 15.1 Å². The van der Waals surface area contributed by atoms with Gasteiger partial charge in [0.05, 0.1) is 19.8 Å². The number of methoxy groups -OCH3 is 1. The molecule has 8 heteroatoms. The lowest BCUT2D eigenvalue weighted by Gasteiger charge is -2.32. The summed E-state index contributed by atoms with van der Waals surface area (Å²) in [5.74, 6) is 2.39. The Labute approximate surface area is 197 Å². The van der Waals surface area contributed by atoms with E-state index in [-0.39, 0.29) is 24.0 Å². The van der Waals surface area contributed by atoms with Gasteiger partial charge in [-0.05, 0) is 49.7 Å². The Morgan fingerprint density at radius 3 is 2.69 bits per heavy atom. The zero-order valence-corrected chi connectivity index (χ0v) is 21.0. The lowest BCUT2D eigenvalue weighted by molar-refractivity contribution is 0.0536. The second kappa shape index (κ2) is 13.8. The Bertz CT molecular complexity index is 579. The van der Waals surface area contributed by atoms with Gasteiger partial charge in [0, 0.05) is 51.1 Å². The third-order valence-electron chi connectivity index (χ3n) is 5.80. The van der Waals surface area contributed by atoms with Gasteiger partial charge in [0.1, 0.15) is 0 Å². The normalized spacial score (nSPS) is 21.4. The number of rotatable bonds is 9. The van der Waals surface area contributed by atoms with Gasteiger partial charge >= 0.3 is 0 Å². The van der Waals surface area contributed by atoms with E-state index < -0.39 is 0 Å². The molecule has 0 saturated carbocycles. The van der Waals surface area contributed by atoms with Crippen LogP contribution in [0.25, 0.3) is 0 Å². The van der Waals surface area contributed by atoms with Gasteiger partial charge in [-0.15, -0.1) is 35.3 Å². The summed E-state index contributed by atoms with van der Waals surface area (Å²) in [4.78, 5) is 11.0. The maximum absolute atomic E-state index is 5.71. The number of ether oxygens (including phenoxy) is 2. The van der Waals surface area contributed by atoms with Crippen molar-refractivity contribution in [3.63, 3.8) is 0 Å². The molecule has 0 bridgehead atoms. The largest absolute Gasteiger partial charge is 0.382 e. The molecule has 2 saturated heterocycles. The first kappa shape index (κ1) is 24.8. The van der Waals surface area contributed by atoms with Crippen molar-refractivity contribution in [1.29, 1.82) is 0 Å². The molecule has 2 fully saturated rings. The van der Waals surface area contributed by atoms with Gasteiger partial charge < -0.3 is 19.7 Å². The van der Waals surface area contributed by atoms with Gasteiger partial charge in [0.2, 0.25) is 0 Å². The molecule has 3 heterocycles. The number of likely N-dealkylation sites (tertiary alicyclic amines) is 2. The van der Waals surface area contributed by atoms with Crippen LogP contribution in [0.4, 0.5) is 0 Å². The van der Waals surface area contributed by atoms with Crippen molar-refractivity contribution in [2.45, 2.75) is 25.8 Å². The SMILES string of the molecule is CN=C(NCC1CCN(Cc2cccs2)CC1)N1CCC(COCCOC)C1.I. The molecular formula is C21H37IN4O2S. The van der Waals surface area contributed by atoms with Crippen LogP contribution >= 0.6 is 35.3 Å².